The number of imide groups is 3. The van der Waals surface area contributed by atoms with Crippen molar-refractivity contribution in [1.82, 2.24) is 10.2 Å². The number of carbonyl (C=O) groups is 4. The molecule has 0 radical (unpaired) electrons. The normalized spacial score (nSPS) is 16.1. The number of esters is 1. The Morgan fingerprint density at radius 1 is 1.24 bits per heavy atom. The van der Waals surface area contributed by atoms with Crippen molar-refractivity contribution in [3.63, 3.8) is 0 Å². The van der Waals surface area contributed by atoms with E-state index in [9.17, 15) is 19.2 Å². The van der Waals surface area contributed by atoms with Crippen LogP contribution in [0.1, 0.15) is 19.4 Å². The molecule has 1 aromatic carbocycles. The Labute approximate surface area is 120 Å². The minimum absolute atomic E-state index is 0.0184. The van der Waals surface area contributed by atoms with Gasteiger partial charge in [-0.2, -0.15) is 4.90 Å². The van der Waals surface area contributed by atoms with Gasteiger partial charge in [-0.05, 0) is 23.8 Å². The highest BCUT2D eigenvalue weighted by Crippen LogP contribution is 2.18. The second-order valence-electron chi connectivity index (χ2n) is 4.31. The lowest BCUT2D eigenvalue weighted by Crippen LogP contribution is -2.34. The molecule has 21 heavy (non-hydrogen) atoms. The SMILES string of the molecule is CC(=O)Oc1cccc(/C=C2/NC(=O)N(C(C)=O)C2=O)c1. The summed E-state index contributed by atoms with van der Waals surface area (Å²) >= 11 is 0. The molecule has 0 unspecified atom stereocenters. The molecule has 0 spiro atoms. The van der Waals surface area contributed by atoms with Gasteiger partial charge in [-0.25, -0.2) is 4.79 Å². The van der Waals surface area contributed by atoms with Gasteiger partial charge in [-0.15, -0.1) is 0 Å². The molecule has 1 aromatic rings. The molecule has 1 heterocycles. The Balaban J connectivity index is 2.28. The van der Waals surface area contributed by atoms with Gasteiger partial charge in [-0.1, -0.05) is 12.1 Å². The quantitative estimate of drug-likeness (QED) is 0.380. The van der Waals surface area contributed by atoms with Gasteiger partial charge < -0.3 is 10.1 Å². The van der Waals surface area contributed by atoms with E-state index in [2.05, 4.69) is 5.32 Å². The van der Waals surface area contributed by atoms with E-state index in [-0.39, 0.29) is 5.70 Å². The van der Waals surface area contributed by atoms with E-state index in [1.807, 2.05) is 0 Å². The van der Waals surface area contributed by atoms with Crippen molar-refractivity contribution in [2.75, 3.05) is 0 Å². The van der Waals surface area contributed by atoms with Crippen LogP contribution in [0, 0.1) is 0 Å². The average Bonchev–Trinajstić information content (AvgIpc) is 2.63. The molecule has 7 heteroatoms. The van der Waals surface area contributed by atoms with Crippen molar-refractivity contribution in [2.45, 2.75) is 13.8 Å². The molecular weight excluding hydrogens is 276 g/mol. The standard InChI is InChI=1S/C14H12N2O5/c1-8(17)16-13(19)12(15-14(16)20)7-10-4-3-5-11(6-10)21-9(2)18/h3-7H,1-2H3,(H,15,20)/b12-7+. The summed E-state index contributed by atoms with van der Waals surface area (Å²) in [4.78, 5) is 46.0. The molecule has 1 aliphatic heterocycles. The highest BCUT2D eigenvalue weighted by atomic mass is 16.5. The van der Waals surface area contributed by atoms with Crippen LogP contribution in [0.25, 0.3) is 6.08 Å². The van der Waals surface area contributed by atoms with Crippen LogP contribution < -0.4 is 10.1 Å². The predicted octanol–water partition coefficient (Wildman–Crippen LogP) is 1.05. The molecule has 0 aromatic heterocycles. The first-order chi connectivity index (χ1) is 9.88. The maximum absolute atomic E-state index is 11.9. The Bertz CT molecular complexity index is 678. The van der Waals surface area contributed by atoms with E-state index in [1.165, 1.54) is 19.1 Å². The zero-order chi connectivity index (χ0) is 15.6. The Hall–Kier alpha value is -2.96. The maximum Gasteiger partial charge on any atom is 0.335 e. The molecule has 0 atom stereocenters. The molecule has 1 aliphatic rings. The van der Waals surface area contributed by atoms with Gasteiger partial charge in [0.2, 0.25) is 5.91 Å². The minimum atomic E-state index is -0.783. The van der Waals surface area contributed by atoms with Crippen molar-refractivity contribution < 1.29 is 23.9 Å². The molecule has 108 valence electrons. The number of nitrogens with one attached hydrogen (secondary N) is 1. The Morgan fingerprint density at radius 3 is 2.52 bits per heavy atom. The first-order valence-corrected chi connectivity index (χ1v) is 6.04. The molecule has 0 saturated carbocycles. The van der Waals surface area contributed by atoms with Crippen LogP contribution >= 0.6 is 0 Å². The van der Waals surface area contributed by atoms with Gasteiger partial charge in [0, 0.05) is 13.8 Å². The number of amides is 4. The first-order valence-electron chi connectivity index (χ1n) is 6.04. The topological polar surface area (TPSA) is 92.8 Å². The second-order valence-corrected chi connectivity index (χ2v) is 4.31. The average molecular weight is 288 g/mol. The molecule has 0 bridgehead atoms. The summed E-state index contributed by atoms with van der Waals surface area (Å²) in [5, 5.41) is 2.31. The lowest BCUT2D eigenvalue weighted by Gasteiger charge is -2.04. The van der Waals surface area contributed by atoms with Crippen LogP contribution in [0.15, 0.2) is 30.0 Å². The summed E-state index contributed by atoms with van der Waals surface area (Å²) in [5.74, 6) is -1.52. The molecule has 7 nitrogen and oxygen atoms in total. The fourth-order valence-corrected chi connectivity index (χ4v) is 1.82. The molecule has 1 N–H and O–H groups in total. The summed E-state index contributed by atoms with van der Waals surface area (Å²) in [5.41, 5.74) is 0.526. The minimum Gasteiger partial charge on any atom is -0.427 e. The van der Waals surface area contributed by atoms with Crippen LogP contribution in [0.5, 0.6) is 5.75 Å². The van der Waals surface area contributed by atoms with Crippen LogP contribution in [-0.4, -0.2) is 28.7 Å². The molecule has 1 fully saturated rings. The van der Waals surface area contributed by atoms with E-state index < -0.39 is 23.8 Å². The number of nitrogens with zero attached hydrogens (tertiary/aromatic N) is 1. The molecule has 4 amide bonds. The lowest BCUT2D eigenvalue weighted by atomic mass is 10.2. The summed E-state index contributed by atoms with van der Waals surface area (Å²) in [6.07, 6.45) is 1.40. The van der Waals surface area contributed by atoms with Crippen molar-refractivity contribution in [3.8, 4) is 5.75 Å². The van der Waals surface area contributed by atoms with E-state index in [0.717, 1.165) is 6.92 Å². The Kier molecular flexibility index (Phi) is 3.84. The monoisotopic (exact) mass is 288 g/mol. The zero-order valence-corrected chi connectivity index (χ0v) is 11.4. The van der Waals surface area contributed by atoms with Crippen LogP contribution in [0.4, 0.5) is 4.79 Å². The number of benzene rings is 1. The fourth-order valence-electron chi connectivity index (χ4n) is 1.82. The maximum atomic E-state index is 11.9. The van der Waals surface area contributed by atoms with Gasteiger partial charge in [0.25, 0.3) is 5.91 Å². The smallest absolute Gasteiger partial charge is 0.335 e. The van der Waals surface area contributed by atoms with Gasteiger partial charge in [0.05, 0.1) is 0 Å². The second kappa shape index (κ2) is 5.58. The number of urea groups is 1. The number of carbonyl (C=O) groups excluding carboxylic acids is 4. The third kappa shape index (κ3) is 3.14. The van der Waals surface area contributed by atoms with Crippen LogP contribution in [-0.2, 0) is 14.4 Å². The van der Waals surface area contributed by atoms with Crippen molar-refractivity contribution in [2.24, 2.45) is 0 Å². The van der Waals surface area contributed by atoms with Crippen LogP contribution in [0.2, 0.25) is 0 Å². The van der Waals surface area contributed by atoms with Crippen LogP contribution in [0.3, 0.4) is 0 Å². The van der Waals surface area contributed by atoms with Crippen molar-refractivity contribution in [3.05, 3.63) is 35.5 Å². The summed E-state index contributed by atoms with van der Waals surface area (Å²) in [6, 6.07) is 5.63. The summed E-state index contributed by atoms with van der Waals surface area (Å²) < 4.78 is 4.92. The van der Waals surface area contributed by atoms with E-state index in [1.54, 1.807) is 18.2 Å². The van der Waals surface area contributed by atoms with Crippen molar-refractivity contribution in [1.29, 1.82) is 0 Å². The largest absolute Gasteiger partial charge is 0.427 e. The fraction of sp³-hybridized carbons (Fsp3) is 0.143. The Morgan fingerprint density at radius 2 is 1.95 bits per heavy atom. The molecule has 0 aliphatic carbocycles. The number of hydrogen-bond donors (Lipinski definition) is 1. The van der Waals surface area contributed by atoms with Crippen molar-refractivity contribution >= 4 is 29.9 Å². The molecule has 1 saturated heterocycles. The highest BCUT2D eigenvalue weighted by molar-refractivity contribution is 6.22. The third-order valence-corrected chi connectivity index (χ3v) is 2.62. The van der Waals surface area contributed by atoms with Gasteiger partial charge in [0.15, 0.2) is 0 Å². The summed E-state index contributed by atoms with van der Waals surface area (Å²) in [7, 11) is 0. The summed E-state index contributed by atoms with van der Waals surface area (Å²) in [6.45, 7) is 2.40. The van der Waals surface area contributed by atoms with E-state index in [4.69, 9.17) is 4.74 Å². The van der Waals surface area contributed by atoms with Gasteiger partial charge in [-0.3, -0.25) is 14.4 Å². The lowest BCUT2D eigenvalue weighted by molar-refractivity contribution is -0.136. The first kappa shape index (κ1) is 14.4. The number of rotatable bonds is 2. The van der Waals surface area contributed by atoms with Gasteiger partial charge in [0.1, 0.15) is 11.4 Å². The molecule has 2 rings (SSSR count). The van der Waals surface area contributed by atoms with E-state index in [0.29, 0.717) is 16.2 Å². The van der Waals surface area contributed by atoms with E-state index >= 15 is 0 Å². The van der Waals surface area contributed by atoms with Gasteiger partial charge >= 0.3 is 12.0 Å². The highest BCUT2D eigenvalue weighted by Gasteiger charge is 2.36. The molecular formula is C14H12N2O5. The number of ether oxygens (including phenoxy) is 1. The zero-order valence-electron chi connectivity index (χ0n) is 11.4. The predicted molar refractivity (Wildman–Crippen MR) is 71.8 cm³/mol. The number of hydrogen-bond acceptors (Lipinski definition) is 5. The third-order valence-electron chi connectivity index (χ3n) is 2.62.